The minimum absolute atomic E-state index is 0.105. The lowest BCUT2D eigenvalue weighted by atomic mass is 10.2. The van der Waals surface area contributed by atoms with Crippen molar-refractivity contribution in [3.05, 3.63) is 29.6 Å². The predicted molar refractivity (Wildman–Crippen MR) is 64.5 cm³/mol. The number of nitrogens with one attached hydrogen (secondary N) is 1. The van der Waals surface area contributed by atoms with Crippen LogP contribution in [0.2, 0.25) is 0 Å². The van der Waals surface area contributed by atoms with Gasteiger partial charge in [-0.25, -0.2) is 4.39 Å². The fraction of sp³-hybridized carbons (Fsp3) is 0.462. The first-order valence-electron chi connectivity index (χ1n) is 5.71. The molecular formula is C13H18FNO2. The third-order valence-corrected chi connectivity index (χ3v) is 2.47. The van der Waals surface area contributed by atoms with Crippen molar-refractivity contribution in [2.75, 3.05) is 6.61 Å². The second-order valence-electron chi connectivity index (χ2n) is 4.10. The van der Waals surface area contributed by atoms with Crippen LogP contribution in [0.3, 0.4) is 0 Å². The molecule has 0 aliphatic heterocycles. The average molecular weight is 239 g/mol. The number of aryl methyl sites for hydroxylation is 1. The molecule has 1 unspecified atom stereocenters. The molecule has 1 amide bonds. The van der Waals surface area contributed by atoms with Crippen molar-refractivity contribution in [2.24, 2.45) is 0 Å². The van der Waals surface area contributed by atoms with E-state index in [2.05, 4.69) is 5.32 Å². The van der Waals surface area contributed by atoms with Crippen LogP contribution in [0, 0.1) is 12.7 Å². The lowest BCUT2D eigenvalue weighted by molar-refractivity contribution is -0.123. The van der Waals surface area contributed by atoms with E-state index in [0.717, 1.165) is 12.0 Å². The van der Waals surface area contributed by atoms with E-state index in [1.165, 1.54) is 6.07 Å². The van der Waals surface area contributed by atoms with Gasteiger partial charge in [0.15, 0.2) is 18.2 Å². The smallest absolute Gasteiger partial charge is 0.258 e. The minimum atomic E-state index is -0.452. The summed E-state index contributed by atoms with van der Waals surface area (Å²) in [5.41, 5.74) is 0.892. The molecule has 0 saturated heterocycles. The number of carbonyl (C=O) groups is 1. The van der Waals surface area contributed by atoms with Crippen LogP contribution in [-0.4, -0.2) is 18.6 Å². The zero-order chi connectivity index (χ0) is 12.8. The van der Waals surface area contributed by atoms with Crippen LogP contribution < -0.4 is 10.1 Å². The highest BCUT2D eigenvalue weighted by atomic mass is 19.1. The zero-order valence-corrected chi connectivity index (χ0v) is 10.4. The Labute approximate surface area is 101 Å². The molecule has 94 valence electrons. The van der Waals surface area contributed by atoms with E-state index in [-0.39, 0.29) is 24.3 Å². The molecule has 0 aliphatic carbocycles. The lowest BCUT2D eigenvalue weighted by Crippen LogP contribution is -2.35. The van der Waals surface area contributed by atoms with Gasteiger partial charge >= 0.3 is 0 Å². The maximum Gasteiger partial charge on any atom is 0.258 e. The third kappa shape index (κ3) is 4.43. The molecule has 0 radical (unpaired) electrons. The maximum atomic E-state index is 13.3. The molecule has 0 saturated carbocycles. The van der Waals surface area contributed by atoms with E-state index in [4.69, 9.17) is 4.74 Å². The van der Waals surface area contributed by atoms with E-state index in [1.807, 2.05) is 20.8 Å². The van der Waals surface area contributed by atoms with Crippen LogP contribution in [0.5, 0.6) is 5.75 Å². The Morgan fingerprint density at radius 2 is 2.24 bits per heavy atom. The molecule has 1 atom stereocenters. The van der Waals surface area contributed by atoms with Gasteiger partial charge in [-0.1, -0.05) is 13.0 Å². The molecule has 0 heterocycles. The summed E-state index contributed by atoms with van der Waals surface area (Å²) in [5, 5.41) is 2.75. The van der Waals surface area contributed by atoms with Crippen LogP contribution in [-0.2, 0) is 4.79 Å². The van der Waals surface area contributed by atoms with Gasteiger partial charge in [-0.15, -0.1) is 0 Å². The van der Waals surface area contributed by atoms with Gasteiger partial charge < -0.3 is 10.1 Å². The van der Waals surface area contributed by atoms with Gasteiger partial charge in [0, 0.05) is 6.04 Å². The van der Waals surface area contributed by atoms with Crippen LogP contribution in [0.15, 0.2) is 18.2 Å². The summed E-state index contributed by atoms with van der Waals surface area (Å²) in [6.07, 6.45) is 0.852. The molecule has 17 heavy (non-hydrogen) atoms. The second kappa shape index (κ2) is 6.23. The van der Waals surface area contributed by atoms with E-state index in [0.29, 0.717) is 0 Å². The molecule has 0 bridgehead atoms. The van der Waals surface area contributed by atoms with Crippen LogP contribution in [0.4, 0.5) is 4.39 Å². The SMILES string of the molecule is CCC(C)NC(=O)COc1cc(C)ccc1F. The van der Waals surface area contributed by atoms with Crippen molar-refractivity contribution >= 4 is 5.91 Å². The van der Waals surface area contributed by atoms with Crippen molar-refractivity contribution < 1.29 is 13.9 Å². The Bertz CT molecular complexity index is 393. The number of halogens is 1. The number of carbonyl (C=O) groups excluding carboxylic acids is 1. The van der Waals surface area contributed by atoms with Crippen LogP contribution >= 0.6 is 0 Å². The molecule has 3 nitrogen and oxygen atoms in total. The molecule has 1 aromatic carbocycles. The molecule has 0 aliphatic rings. The topological polar surface area (TPSA) is 38.3 Å². The second-order valence-corrected chi connectivity index (χ2v) is 4.10. The van der Waals surface area contributed by atoms with E-state index in [9.17, 15) is 9.18 Å². The van der Waals surface area contributed by atoms with Gasteiger partial charge in [0.1, 0.15) is 0 Å². The quantitative estimate of drug-likeness (QED) is 0.857. The van der Waals surface area contributed by atoms with E-state index >= 15 is 0 Å². The highest BCUT2D eigenvalue weighted by Crippen LogP contribution is 2.17. The van der Waals surface area contributed by atoms with Crippen molar-refractivity contribution in [3.63, 3.8) is 0 Å². The van der Waals surface area contributed by atoms with E-state index < -0.39 is 5.82 Å². The minimum Gasteiger partial charge on any atom is -0.481 e. The third-order valence-electron chi connectivity index (χ3n) is 2.47. The number of ether oxygens (including phenoxy) is 1. The molecule has 1 N–H and O–H groups in total. The van der Waals surface area contributed by atoms with Crippen molar-refractivity contribution in [1.82, 2.24) is 5.32 Å². The van der Waals surface area contributed by atoms with Gasteiger partial charge in [0.25, 0.3) is 5.91 Å². The molecule has 0 aromatic heterocycles. The average Bonchev–Trinajstić information content (AvgIpc) is 2.30. The van der Waals surface area contributed by atoms with Crippen molar-refractivity contribution in [1.29, 1.82) is 0 Å². The maximum absolute atomic E-state index is 13.3. The summed E-state index contributed by atoms with van der Waals surface area (Å²) >= 11 is 0. The van der Waals surface area contributed by atoms with E-state index in [1.54, 1.807) is 12.1 Å². The number of hydrogen-bond donors (Lipinski definition) is 1. The number of hydrogen-bond acceptors (Lipinski definition) is 2. The normalized spacial score (nSPS) is 12.0. The molecule has 0 spiro atoms. The van der Waals surface area contributed by atoms with Crippen molar-refractivity contribution in [3.8, 4) is 5.75 Å². The summed E-state index contributed by atoms with van der Waals surface area (Å²) in [6.45, 7) is 5.56. The van der Waals surface area contributed by atoms with Gasteiger partial charge in [-0.05, 0) is 38.0 Å². The van der Waals surface area contributed by atoms with Gasteiger partial charge in [0.05, 0.1) is 0 Å². The monoisotopic (exact) mass is 239 g/mol. The Kier molecular flexibility index (Phi) is 4.94. The summed E-state index contributed by atoms with van der Waals surface area (Å²) in [5.74, 6) is -0.573. The largest absolute Gasteiger partial charge is 0.481 e. The molecular weight excluding hydrogens is 221 g/mol. The first-order valence-corrected chi connectivity index (χ1v) is 5.71. The zero-order valence-electron chi connectivity index (χ0n) is 10.4. The highest BCUT2D eigenvalue weighted by Gasteiger charge is 2.08. The molecule has 1 rings (SSSR count). The Hall–Kier alpha value is -1.58. The fourth-order valence-electron chi connectivity index (χ4n) is 1.28. The number of benzene rings is 1. The number of amides is 1. The van der Waals surface area contributed by atoms with Gasteiger partial charge in [-0.3, -0.25) is 4.79 Å². The molecule has 1 aromatic rings. The Balaban J connectivity index is 2.50. The predicted octanol–water partition coefficient (Wildman–Crippen LogP) is 2.43. The van der Waals surface area contributed by atoms with Crippen LogP contribution in [0.1, 0.15) is 25.8 Å². The summed E-state index contributed by atoms with van der Waals surface area (Å²) < 4.78 is 18.4. The van der Waals surface area contributed by atoms with Gasteiger partial charge in [0.2, 0.25) is 0 Å². The Morgan fingerprint density at radius 3 is 2.88 bits per heavy atom. The highest BCUT2D eigenvalue weighted by molar-refractivity contribution is 5.77. The molecule has 0 fully saturated rings. The molecule has 4 heteroatoms. The lowest BCUT2D eigenvalue weighted by Gasteiger charge is -2.12. The standard InChI is InChI=1S/C13H18FNO2/c1-4-10(3)15-13(16)8-17-12-7-9(2)5-6-11(12)14/h5-7,10H,4,8H2,1-3H3,(H,15,16). The Morgan fingerprint density at radius 1 is 1.53 bits per heavy atom. The number of rotatable bonds is 5. The summed E-state index contributed by atoms with van der Waals surface area (Å²) in [4.78, 5) is 11.4. The van der Waals surface area contributed by atoms with Crippen LogP contribution in [0.25, 0.3) is 0 Å². The first-order chi connectivity index (χ1) is 8.02. The van der Waals surface area contributed by atoms with Gasteiger partial charge in [-0.2, -0.15) is 0 Å². The first kappa shape index (κ1) is 13.5. The summed E-state index contributed by atoms with van der Waals surface area (Å²) in [6, 6.07) is 4.67. The fourth-order valence-corrected chi connectivity index (χ4v) is 1.28. The van der Waals surface area contributed by atoms with Crippen molar-refractivity contribution in [2.45, 2.75) is 33.2 Å². The summed E-state index contributed by atoms with van der Waals surface area (Å²) in [7, 11) is 0.